The second-order valence-corrected chi connectivity index (χ2v) is 8.75. The van der Waals surface area contributed by atoms with Gasteiger partial charge in [0.2, 0.25) is 0 Å². The van der Waals surface area contributed by atoms with E-state index >= 15 is 0 Å². The Labute approximate surface area is 201 Å². The molecule has 0 saturated heterocycles. The lowest BCUT2D eigenvalue weighted by molar-refractivity contribution is -0.108. The number of ether oxygens (including phenoxy) is 2. The second kappa shape index (κ2) is 15.9. The van der Waals surface area contributed by atoms with Crippen LogP contribution >= 0.6 is 11.8 Å². The number of amidine groups is 1. The molecule has 0 saturated carbocycles. The van der Waals surface area contributed by atoms with E-state index in [0.29, 0.717) is 37.6 Å². The average Bonchev–Trinajstić information content (AvgIpc) is 2.78. The fraction of sp³-hybridized carbons (Fsp3) is 0.400. The largest absolute Gasteiger partial charge is 0.494 e. The number of aliphatic imine (C=N–C) groups is 1. The van der Waals surface area contributed by atoms with E-state index in [1.807, 2.05) is 54.8 Å². The summed E-state index contributed by atoms with van der Waals surface area (Å²) in [5.41, 5.74) is 0.482. The van der Waals surface area contributed by atoms with Crippen LogP contribution in [0.3, 0.4) is 0 Å². The van der Waals surface area contributed by atoms with Gasteiger partial charge in [0.25, 0.3) is 0 Å². The van der Waals surface area contributed by atoms with E-state index in [9.17, 15) is 4.79 Å². The molecule has 180 valence electrons. The molecule has 2 aromatic rings. The quantitative estimate of drug-likeness (QED) is 0.205. The zero-order valence-electron chi connectivity index (χ0n) is 20.1. The Bertz CT molecular complexity index is 889. The van der Waals surface area contributed by atoms with Crippen LogP contribution in [-0.4, -0.2) is 40.8 Å². The van der Waals surface area contributed by atoms with Crippen LogP contribution in [-0.2, 0) is 11.4 Å². The highest BCUT2D eigenvalue weighted by atomic mass is 32.2. The lowest BCUT2D eigenvalue weighted by Gasteiger charge is -2.13. The van der Waals surface area contributed by atoms with E-state index in [-0.39, 0.29) is 0 Å². The summed E-state index contributed by atoms with van der Waals surface area (Å²) in [7, 11) is 1.73. The van der Waals surface area contributed by atoms with Gasteiger partial charge in [-0.2, -0.15) is 0 Å². The molecule has 1 heterocycles. The zero-order chi connectivity index (χ0) is 24.5. The van der Waals surface area contributed by atoms with Crippen molar-refractivity contribution in [2.45, 2.75) is 52.7 Å². The molecule has 0 aliphatic carbocycles. The summed E-state index contributed by atoms with van der Waals surface area (Å²) in [6.07, 6.45) is 5.77. The summed E-state index contributed by atoms with van der Waals surface area (Å²) in [4.78, 5) is 18.9. The van der Waals surface area contributed by atoms with Gasteiger partial charge >= 0.3 is 0 Å². The molecule has 0 bridgehead atoms. The van der Waals surface area contributed by atoms with Crippen LogP contribution in [0.2, 0.25) is 0 Å². The summed E-state index contributed by atoms with van der Waals surface area (Å²) in [6.45, 7) is 8.08. The van der Waals surface area contributed by atoms with Crippen molar-refractivity contribution in [1.82, 2.24) is 4.98 Å². The molecule has 0 fully saturated rings. The Morgan fingerprint density at radius 1 is 1.24 bits per heavy atom. The van der Waals surface area contributed by atoms with E-state index in [4.69, 9.17) is 14.6 Å². The number of carbonyl (C=O) groups is 1. The third-order valence-electron chi connectivity index (χ3n) is 3.54. The molecule has 8 heteroatoms. The van der Waals surface area contributed by atoms with Gasteiger partial charge in [0, 0.05) is 19.7 Å². The number of carbonyl (C=O) groups excluding carboxylic acids is 1. The van der Waals surface area contributed by atoms with Crippen molar-refractivity contribution in [3.63, 3.8) is 0 Å². The van der Waals surface area contributed by atoms with E-state index < -0.39 is 5.60 Å². The smallest absolute Gasteiger partial charge is 0.174 e. The number of nitrogens with zero attached hydrogens (tertiary/aromatic N) is 2. The minimum atomic E-state index is -0.500. The van der Waals surface area contributed by atoms with Gasteiger partial charge in [-0.15, -0.1) is 0 Å². The lowest BCUT2D eigenvalue weighted by atomic mass is 10.2. The number of anilines is 1. The van der Waals surface area contributed by atoms with Gasteiger partial charge in [0.15, 0.2) is 16.7 Å². The van der Waals surface area contributed by atoms with Gasteiger partial charge in [-0.25, -0.2) is 4.98 Å². The number of aromatic nitrogens is 1. The second-order valence-electron chi connectivity index (χ2n) is 7.86. The van der Waals surface area contributed by atoms with E-state index in [1.54, 1.807) is 34.0 Å². The normalized spacial score (nSPS) is 11.5. The monoisotopic (exact) mass is 473 g/mol. The molecule has 0 aliphatic rings. The van der Waals surface area contributed by atoms with Gasteiger partial charge < -0.3 is 24.7 Å². The molecule has 0 aliphatic heterocycles. The van der Waals surface area contributed by atoms with E-state index in [0.717, 1.165) is 22.8 Å². The third kappa shape index (κ3) is 14.0. The molecular formula is C25H35N3O4S. The van der Waals surface area contributed by atoms with Crippen molar-refractivity contribution in [1.29, 1.82) is 0 Å². The summed E-state index contributed by atoms with van der Waals surface area (Å²) in [6, 6.07) is 11.4. The number of hydrogen-bond acceptors (Lipinski definition) is 7. The van der Waals surface area contributed by atoms with Crippen LogP contribution in [0, 0.1) is 0 Å². The number of aldehydes is 1. The lowest BCUT2D eigenvalue weighted by Crippen LogP contribution is -2.10. The first-order chi connectivity index (χ1) is 15.8. The Morgan fingerprint density at radius 2 is 2.00 bits per heavy atom. The molecule has 33 heavy (non-hydrogen) atoms. The molecule has 0 atom stereocenters. The highest BCUT2D eigenvalue weighted by Gasteiger charge is 2.08. The Balaban J connectivity index is 0.000000981. The summed E-state index contributed by atoms with van der Waals surface area (Å²) in [5.74, 6) is 2.02. The predicted molar refractivity (Wildman–Crippen MR) is 137 cm³/mol. The number of allylic oxidation sites excluding steroid dienone is 1. The first-order valence-corrected chi connectivity index (χ1v) is 11.6. The highest BCUT2D eigenvalue weighted by molar-refractivity contribution is 8.16. The summed E-state index contributed by atoms with van der Waals surface area (Å²) in [5, 5.41) is 14.4. The third-order valence-corrected chi connectivity index (χ3v) is 4.46. The first-order valence-electron chi connectivity index (χ1n) is 10.7. The van der Waals surface area contributed by atoms with Gasteiger partial charge in [-0.05, 0) is 69.4 Å². The summed E-state index contributed by atoms with van der Waals surface area (Å²) < 4.78 is 11.6. The van der Waals surface area contributed by atoms with Crippen LogP contribution in [0.1, 0.15) is 46.1 Å². The molecule has 0 radical (unpaired) electrons. The van der Waals surface area contributed by atoms with Gasteiger partial charge in [-0.1, -0.05) is 30.0 Å². The van der Waals surface area contributed by atoms with Gasteiger partial charge in [-0.3, -0.25) is 4.99 Å². The fourth-order valence-electron chi connectivity index (χ4n) is 2.22. The molecule has 1 aromatic carbocycles. The standard InChI is InChI=1S/C21H25N3O3S.C4H10O/c1-3-14-28-21(22-2)24-20-19(10-7-11-23-20)27-16-17-8-6-9-18(15-17)26-13-5-4-12-25;1-4(2,3)5/h3,6-12,14-15H,4-5,13,16H2,1-2H3,(H,22,23,24);5H,1-3H3/b14-3+;. The maximum atomic E-state index is 10.4. The molecule has 0 amide bonds. The number of benzene rings is 1. The number of hydrogen-bond donors (Lipinski definition) is 2. The maximum Gasteiger partial charge on any atom is 0.174 e. The fourth-order valence-corrected chi connectivity index (χ4v) is 2.74. The molecule has 1 aromatic heterocycles. The number of pyridine rings is 1. The van der Waals surface area contributed by atoms with Crippen LogP contribution in [0.4, 0.5) is 5.82 Å². The van der Waals surface area contributed by atoms with Crippen molar-refractivity contribution in [2.75, 3.05) is 19.0 Å². The van der Waals surface area contributed by atoms with E-state index in [1.165, 1.54) is 11.8 Å². The molecule has 0 unspecified atom stereocenters. The predicted octanol–water partition coefficient (Wildman–Crippen LogP) is 5.46. The summed E-state index contributed by atoms with van der Waals surface area (Å²) >= 11 is 1.48. The van der Waals surface area contributed by atoms with E-state index in [2.05, 4.69) is 15.3 Å². The van der Waals surface area contributed by atoms with Crippen molar-refractivity contribution < 1.29 is 19.4 Å². The van der Waals surface area contributed by atoms with Gasteiger partial charge in [0.05, 0.1) is 12.2 Å². The van der Waals surface area contributed by atoms with Crippen LogP contribution in [0.15, 0.2) is 59.1 Å². The van der Waals surface area contributed by atoms with Crippen molar-refractivity contribution in [3.8, 4) is 11.5 Å². The highest BCUT2D eigenvalue weighted by Crippen LogP contribution is 2.24. The zero-order valence-corrected chi connectivity index (χ0v) is 20.9. The number of aliphatic hydroxyl groups is 1. The van der Waals surface area contributed by atoms with Gasteiger partial charge in [0.1, 0.15) is 18.6 Å². The van der Waals surface area contributed by atoms with Crippen molar-refractivity contribution >= 4 is 29.0 Å². The molecule has 2 rings (SSSR count). The van der Waals surface area contributed by atoms with Crippen molar-refractivity contribution in [3.05, 3.63) is 59.6 Å². The molecular weight excluding hydrogens is 438 g/mol. The Morgan fingerprint density at radius 3 is 2.67 bits per heavy atom. The van der Waals surface area contributed by atoms with Crippen LogP contribution in [0.5, 0.6) is 11.5 Å². The average molecular weight is 474 g/mol. The molecule has 2 N–H and O–H groups in total. The number of nitrogens with one attached hydrogen (secondary N) is 1. The SMILES string of the molecule is C/C=C/SC(=NC)Nc1ncccc1OCc1cccc(OCCCC=O)c1.CC(C)(C)O. The number of rotatable bonds is 10. The molecule has 0 spiro atoms. The van der Waals surface area contributed by atoms with Crippen LogP contribution < -0.4 is 14.8 Å². The Hall–Kier alpha value is -2.84. The van der Waals surface area contributed by atoms with Crippen molar-refractivity contribution in [2.24, 2.45) is 4.99 Å². The minimum Gasteiger partial charge on any atom is -0.494 e. The number of unbranched alkanes of at least 4 members (excludes halogenated alkanes) is 1. The maximum absolute atomic E-state index is 10.4. The first kappa shape index (κ1) is 28.2. The minimum absolute atomic E-state index is 0.381. The van der Waals surface area contributed by atoms with Crippen LogP contribution in [0.25, 0.3) is 0 Å². The Kier molecular flexibility index (Phi) is 13.6. The number of thioether (sulfide) groups is 1. The topological polar surface area (TPSA) is 93.0 Å². The molecule has 7 nitrogen and oxygen atoms in total.